The highest BCUT2D eigenvalue weighted by Gasteiger charge is 2.22. The van der Waals surface area contributed by atoms with Gasteiger partial charge in [-0.2, -0.15) is 0 Å². The van der Waals surface area contributed by atoms with Crippen LogP contribution >= 0.6 is 0 Å². The van der Waals surface area contributed by atoms with Crippen molar-refractivity contribution >= 4 is 23.5 Å². The lowest BCUT2D eigenvalue weighted by Gasteiger charge is -2.13. The van der Waals surface area contributed by atoms with E-state index >= 15 is 0 Å². The predicted molar refractivity (Wildman–Crippen MR) is 120 cm³/mol. The van der Waals surface area contributed by atoms with Crippen LogP contribution in [0.5, 0.6) is 17.2 Å². The molecule has 0 unspecified atom stereocenters. The monoisotopic (exact) mass is 417 g/mol. The van der Waals surface area contributed by atoms with Crippen LogP contribution in [0, 0.1) is 0 Å². The summed E-state index contributed by atoms with van der Waals surface area (Å²) in [6.45, 7) is 0. The predicted octanol–water partition coefficient (Wildman–Crippen LogP) is 4.62. The van der Waals surface area contributed by atoms with Gasteiger partial charge in [-0.1, -0.05) is 48.5 Å². The van der Waals surface area contributed by atoms with E-state index in [0.29, 0.717) is 34.1 Å². The Bertz CT molecular complexity index is 1110. The second-order valence-electron chi connectivity index (χ2n) is 6.52. The summed E-state index contributed by atoms with van der Waals surface area (Å²) in [4.78, 5) is 26.4. The summed E-state index contributed by atoms with van der Waals surface area (Å²) in [6.07, 6.45) is 1.51. The molecule has 1 amide bonds. The van der Waals surface area contributed by atoms with Gasteiger partial charge in [0.1, 0.15) is 5.75 Å². The third kappa shape index (κ3) is 5.11. The molecular formula is C25H23NO5. The molecule has 0 radical (unpaired) electrons. The molecule has 0 spiro atoms. The zero-order valence-electron chi connectivity index (χ0n) is 17.5. The summed E-state index contributed by atoms with van der Waals surface area (Å²) in [7, 11) is 4.57. The lowest BCUT2D eigenvalue weighted by atomic mass is 9.99. The van der Waals surface area contributed by atoms with Crippen LogP contribution in [0.15, 0.2) is 78.4 Å². The number of rotatable bonds is 8. The molecule has 3 rings (SSSR count). The fourth-order valence-corrected chi connectivity index (χ4v) is 3.06. The topological polar surface area (TPSA) is 73.9 Å². The molecule has 0 bridgehead atoms. The minimum absolute atomic E-state index is 0.0411. The Morgan fingerprint density at radius 1 is 0.806 bits per heavy atom. The third-order valence-corrected chi connectivity index (χ3v) is 4.59. The average molecular weight is 417 g/mol. The molecule has 0 atom stereocenters. The molecule has 0 heterocycles. The average Bonchev–Trinajstić information content (AvgIpc) is 2.82. The van der Waals surface area contributed by atoms with E-state index in [1.54, 1.807) is 73.8 Å². The number of carbonyl (C=O) groups excluding carboxylic acids is 2. The van der Waals surface area contributed by atoms with E-state index in [1.807, 2.05) is 6.07 Å². The molecule has 0 fully saturated rings. The molecule has 6 heteroatoms. The van der Waals surface area contributed by atoms with E-state index in [1.165, 1.54) is 20.3 Å². The van der Waals surface area contributed by atoms with Crippen molar-refractivity contribution in [3.8, 4) is 17.2 Å². The number of hydrogen-bond donors (Lipinski definition) is 1. The number of ketones is 1. The molecule has 0 aromatic heterocycles. The maximum absolute atomic E-state index is 13.2. The van der Waals surface area contributed by atoms with Gasteiger partial charge in [-0.25, -0.2) is 0 Å². The van der Waals surface area contributed by atoms with Crippen LogP contribution < -0.4 is 19.5 Å². The molecule has 3 aromatic carbocycles. The fourth-order valence-electron chi connectivity index (χ4n) is 3.06. The molecule has 0 aliphatic rings. The molecule has 31 heavy (non-hydrogen) atoms. The van der Waals surface area contributed by atoms with Gasteiger partial charge in [-0.3, -0.25) is 9.59 Å². The molecule has 158 valence electrons. The van der Waals surface area contributed by atoms with Crippen LogP contribution in [0.1, 0.15) is 15.9 Å². The molecule has 0 saturated heterocycles. The largest absolute Gasteiger partial charge is 0.497 e. The molecule has 0 aliphatic heterocycles. The van der Waals surface area contributed by atoms with E-state index < -0.39 is 11.7 Å². The zero-order chi connectivity index (χ0) is 22.2. The molecule has 0 aliphatic carbocycles. The van der Waals surface area contributed by atoms with Gasteiger partial charge in [0.25, 0.3) is 5.91 Å². The lowest BCUT2D eigenvalue weighted by Crippen LogP contribution is -2.21. The number of carbonyl (C=O) groups is 2. The van der Waals surface area contributed by atoms with Crippen molar-refractivity contribution in [1.82, 2.24) is 0 Å². The Morgan fingerprint density at radius 2 is 1.55 bits per heavy atom. The maximum atomic E-state index is 13.2. The first-order valence-corrected chi connectivity index (χ1v) is 9.55. The van der Waals surface area contributed by atoms with Gasteiger partial charge in [0, 0.05) is 22.9 Å². The van der Waals surface area contributed by atoms with Gasteiger partial charge in [-0.15, -0.1) is 0 Å². The minimum Gasteiger partial charge on any atom is -0.497 e. The highest BCUT2D eigenvalue weighted by Crippen LogP contribution is 2.32. The van der Waals surface area contributed by atoms with Crippen molar-refractivity contribution in [3.05, 3.63) is 89.5 Å². The third-order valence-electron chi connectivity index (χ3n) is 4.59. The van der Waals surface area contributed by atoms with Gasteiger partial charge >= 0.3 is 0 Å². The van der Waals surface area contributed by atoms with Gasteiger partial charge in [0.15, 0.2) is 17.3 Å². The van der Waals surface area contributed by atoms with Crippen LogP contribution in [-0.2, 0) is 4.79 Å². The van der Waals surface area contributed by atoms with E-state index in [2.05, 4.69) is 5.32 Å². The number of methoxy groups -OCH3 is 3. The van der Waals surface area contributed by atoms with Crippen LogP contribution in [0.2, 0.25) is 0 Å². The van der Waals surface area contributed by atoms with Crippen molar-refractivity contribution in [3.63, 3.8) is 0 Å². The number of hydrogen-bond acceptors (Lipinski definition) is 5. The Kier molecular flexibility index (Phi) is 7.06. The highest BCUT2D eigenvalue weighted by atomic mass is 16.5. The smallest absolute Gasteiger partial charge is 0.259 e. The summed E-state index contributed by atoms with van der Waals surface area (Å²) in [5.74, 6) is 0.554. The normalized spacial score (nSPS) is 10.9. The minimum atomic E-state index is -0.549. The van der Waals surface area contributed by atoms with Gasteiger partial charge in [-0.05, 0) is 24.3 Å². The van der Waals surface area contributed by atoms with Crippen LogP contribution in [0.25, 0.3) is 6.08 Å². The molecule has 0 saturated carbocycles. The first-order valence-electron chi connectivity index (χ1n) is 9.55. The molecule has 6 nitrogen and oxygen atoms in total. The number of amides is 1. The number of Topliss-reactive ketones (excluding diaryl/α,β-unsaturated/α-hetero) is 1. The second-order valence-corrected chi connectivity index (χ2v) is 6.52. The van der Waals surface area contributed by atoms with E-state index in [0.717, 1.165) is 0 Å². The Balaban J connectivity index is 2.06. The Morgan fingerprint density at radius 3 is 2.23 bits per heavy atom. The van der Waals surface area contributed by atoms with Crippen LogP contribution in [0.3, 0.4) is 0 Å². The standard InChI is InChI=1S/C25H23NO5/c1-29-20-13-8-12-19(16-20)26-25(28)21(23(27)17-9-5-4-6-10-17)15-18-11-7-14-22(30-2)24(18)31-3/h4-16H,1-3H3,(H,26,28)/b21-15+. The molecule has 1 N–H and O–H groups in total. The van der Waals surface area contributed by atoms with E-state index in [4.69, 9.17) is 14.2 Å². The van der Waals surface area contributed by atoms with Gasteiger partial charge in [0.05, 0.1) is 26.9 Å². The second kappa shape index (κ2) is 10.1. The van der Waals surface area contributed by atoms with Crippen LogP contribution in [-0.4, -0.2) is 33.0 Å². The quantitative estimate of drug-likeness (QED) is 0.251. The van der Waals surface area contributed by atoms with Crippen molar-refractivity contribution in [2.24, 2.45) is 0 Å². The Hall–Kier alpha value is -4.06. The van der Waals surface area contributed by atoms with Crippen LogP contribution in [0.4, 0.5) is 5.69 Å². The number of nitrogens with one attached hydrogen (secondary N) is 1. The van der Waals surface area contributed by atoms with Crippen molar-refractivity contribution < 1.29 is 23.8 Å². The van der Waals surface area contributed by atoms with Gasteiger partial charge < -0.3 is 19.5 Å². The summed E-state index contributed by atoms with van der Waals surface area (Å²) < 4.78 is 16.0. The maximum Gasteiger partial charge on any atom is 0.259 e. The summed E-state index contributed by atoms with van der Waals surface area (Å²) in [5.41, 5.74) is 1.41. The first kappa shape index (κ1) is 21.6. The number of para-hydroxylation sites is 1. The van der Waals surface area contributed by atoms with E-state index in [-0.39, 0.29) is 5.57 Å². The highest BCUT2D eigenvalue weighted by molar-refractivity contribution is 6.31. The first-order chi connectivity index (χ1) is 15.1. The summed E-state index contributed by atoms with van der Waals surface area (Å²) >= 11 is 0. The summed E-state index contributed by atoms with van der Waals surface area (Å²) in [6, 6.07) is 20.8. The van der Waals surface area contributed by atoms with Gasteiger partial charge in [0.2, 0.25) is 0 Å². The van der Waals surface area contributed by atoms with Crippen molar-refractivity contribution in [1.29, 1.82) is 0 Å². The molecular weight excluding hydrogens is 394 g/mol. The number of benzene rings is 3. The summed E-state index contributed by atoms with van der Waals surface area (Å²) in [5, 5.41) is 2.77. The zero-order valence-corrected chi connectivity index (χ0v) is 17.5. The number of anilines is 1. The SMILES string of the molecule is COc1cccc(NC(=O)/C(=C/c2cccc(OC)c2OC)C(=O)c2ccccc2)c1. The fraction of sp³-hybridized carbons (Fsp3) is 0.120. The number of ether oxygens (including phenoxy) is 3. The van der Waals surface area contributed by atoms with Crippen molar-refractivity contribution in [2.75, 3.05) is 26.6 Å². The van der Waals surface area contributed by atoms with E-state index in [9.17, 15) is 9.59 Å². The Labute approximate surface area is 181 Å². The van der Waals surface area contributed by atoms with Crippen molar-refractivity contribution in [2.45, 2.75) is 0 Å². The lowest BCUT2D eigenvalue weighted by molar-refractivity contribution is -0.112. The molecule has 3 aromatic rings.